The van der Waals surface area contributed by atoms with Gasteiger partial charge in [-0.3, -0.25) is 4.79 Å². The third-order valence-corrected chi connectivity index (χ3v) is 6.55. The van der Waals surface area contributed by atoms with Crippen molar-refractivity contribution in [2.24, 2.45) is 0 Å². The Bertz CT molecular complexity index is 1120. The van der Waals surface area contributed by atoms with Crippen LogP contribution < -0.4 is 4.90 Å². The Hall–Kier alpha value is -2.24. The van der Waals surface area contributed by atoms with Crippen molar-refractivity contribution in [2.75, 3.05) is 24.5 Å². The molecule has 0 aliphatic carbocycles. The van der Waals surface area contributed by atoms with E-state index in [0.717, 1.165) is 16.8 Å². The van der Waals surface area contributed by atoms with Gasteiger partial charge in [0.15, 0.2) is 6.10 Å². The molecule has 1 aliphatic rings. The van der Waals surface area contributed by atoms with Crippen LogP contribution in [0, 0.1) is 6.92 Å². The molecule has 32 heavy (non-hydrogen) atoms. The minimum absolute atomic E-state index is 0.159. The molecule has 1 aliphatic heterocycles. The SMILES string of the molecule is Cc1cccc(C(O)C(=O)N2CCN(c3ccc(Cl)cc3Cl)[C@H](c3ccc(Cl)cc3)C2)c1. The van der Waals surface area contributed by atoms with E-state index < -0.39 is 6.10 Å². The lowest BCUT2D eigenvalue weighted by Gasteiger charge is -2.44. The van der Waals surface area contributed by atoms with Gasteiger partial charge in [0.2, 0.25) is 0 Å². The molecule has 1 amide bonds. The summed E-state index contributed by atoms with van der Waals surface area (Å²) in [4.78, 5) is 17.1. The van der Waals surface area contributed by atoms with Crippen molar-refractivity contribution in [3.63, 3.8) is 0 Å². The zero-order chi connectivity index (χ0) is 22.8. The number of hydrogen-bond acceptors (Lipinski definition) is 3. The Balaban J connectivity index is 1.64. The number of aliphatic hydroxyl groups is 1. The number of piperazine rings is 1. The first-order valence-corrected chi connectivity index (χ1v) is 11.5. The molecule has 3 aromatic rings. The Morgan fingerprint density at radius 1 is 0.969 bits per heavy atom. The summed E-state index contributed by atoms with van der Waals surface area (Å²) in [5, 5.41) is 12.5. The topological polar surface area (TPSA) is 43.8 Å². The lowest BCUT2D eigenvalue weighted by atomic mass is 9.99. The molecule has 4 nitrogen and oxygen atoms in total. The van der Waals surface area contributed by atoms with E-state index in [1.165, 1.54) is 0 Å². The van der Waals surface area contributed by atoms with Gasteiger partial charge in [0.1, 0.15) is 0 Å². The van der Waals surface area contributed by atoms with E-state index in [1.807, 2.05) is 55.5 Å². The fourth-order valence-electron chi connectivity index (χ4n) is 4.11. The highest BCUT2D eigenvalue weighted by Crippen LogP contribution is 2.37. The number of benzene rings is 3. The molecule has 1 unspecified atom stereocenters. The maximum atomic E-state index is 13.2. The van der Waals surface area contributed by atoms with Crippen LogP contribution in [0.3, 0.4) is 0 Å². The molecule has 2 atom stereocenters. The molecule has 1 N–H and O–H groups in total. The molecule has 4 rings (SSSR count). The number of carbonyl (C=O) groups excluding carboxylic acids is 1. The third-order valence-electron chi connectivity index (χ3n) is 5.76. The number of hydrogen-bond donors (Lipinski definition) is 1. The lowest BCUT2D eigenvalue weighted by Crippen LogP contribution is -2.51. The second kappa shape index (κ2) is 9.72. The second-order valence-electron chi connectivity index (χ2n) is 7.96. The molecule has 1 saturated heterocycles. The molecule has 0 radical (unpaired) electrons. The van der Waals surface area contributed by atoms with Crippen molar-refractivity contribution < 1.29 is 9.90 Å². The number of nitrogens with zero attached hydrogens (tertiary/aromatic N) is 2. The molecule has 0 aromatic heterocycles. The quantitative estimate of drug-likeness (QED) is 0.483. The van der Waals surface area contributed by atoms with Crippen molar-refractivity contribution in [1.82, 2.24) is 4.90 Å². The first-order chi connectivity index (χ1) is 15.3. The van der Waals surface area contributed by atoms with E-state index in [-0.39, 0.29) is 11.9 Å². The van der Waals surface area contributed by atoms with Crippen molar-refractivity contribution in [2.45, 2.75) is 19.1 Å². The zero-order valence-electron chi connectivity index (χ0n) is 17.5. The number of carbonyl (C=O) groups is 1. The van der Waals surface area contributed by atoms with Gasteiger partial charge in [-0.05, 0) is 48.4 Å². The summed E-state index contributed by atoms with van der Waals surface area (Å²) >= 11 is 18.7. The molecule has 1 heterocycles. The third kappa shape index (κ3) is 4.89. The van der Waals surface area contributed by atoms with E-state index in [4.69, 9.17) is 34.8 Å². The summed E-state index contributed by atoms with van der Waals surface area (Å²) in [6.07, 6.45) is -1.20. The largest absolute Gasteiger partial charge is 0.378 e. The minimum atomic E-state index is -1.20. The Labute approximate surface area is 202 Å². The fourth-order valence-corrected chi connectivity index (χ4v) is 4.75. The monoisotopic (exact) mass is 488 g/mol. The van der Waals surface area contributed by atoms with E-state index in [9.17, 15) is 9.90 Å². The molecular weight excluding hydrogens is 467 g/mol. The Kier molecular flexibility index (Phi) is 6.96. The summed E-state index contributed by atoms with van der Waals surface area (Å²) in [7, 11) is 0. The van der Waals surface area contributed by atoms with Crippen LogP contribution in [0.4, 0.5) is 5.69 Å². The number of aliphatic hydroxyl groups excluding tert-OH is 1. The first kappa shape index (κ1) is 22.9. The van der Waals surface area contributed by atoms with Crippen molar-refractivity contribution in [3.05, 3.63) is 98.5 Å². The predicted molar refractivity (Wildman–Crippen MR) is 131 cm³/mol. The average molecular weight is 490 g/mol. The predicted octanol–water partition coefficient (Wildman–Crippen LogP) is 6.08. The summed E-state index contributed by atoms with van der Waals surface area (Å²) in [6, 6.07) is 20.2. The number of amides is 1. The van der Waals surface area contributed by atoms with Gasteiger partial charge < -0.3 is 14.9 Å². The molecule has 3 aromatic carbocycles. The van der Waals surface area contributed by atoms with Crippen molar-refractivity contribution >= 4 is 46.4 Å². The van der Waals surface area contributed by atoms with E-state index in [2.05, 4.69) is 4.90 Å². The molecule has 0 spiro atoms. The molecule has 166 valence electrons. The average Bonchev–Trinajstić information content (AvgIpc) is 2.78. The lowest BCUT2D eigenvalue weighted by molar-refractivity contribution is -0.141. The highest BCUT2D eigenvalue weighted by molar-refractivity contribution is 6.36. The van der Waals surface area contributed by atoms with E-state index in [0.29, 0.717) is 40.3 Å². The van der Waals surface area contributed by atoms with Crippen LogP contribution in [0.5, 0.6) is 0 Å². The van der Waals surface area contributed by atoms with Crippen molar-refractivity contribution in [3.8, 4) is 0 Å². The first-order valence-electron chi connectivity index (χ1n) is 10.3. The van der Waals surface area contributed by atoms with Gasteiger partial charge >= 0.3 is 0 Å². The molecular formula is C25H23Cl3N2O2. The van der Waals surface area contributed by atoms with E-state index >= 15 is 0 Å². The van der Waals surface area contributed by atoms with Gasteiger partial charge in [0, 0.05) is 29.7 Å². The number of halogens is 3. The maximum Gasteiger partial charge on any atom is 0.256 e. The van der Waals surface area contributed by atoms with Crippen LogP contribution in [-0.2, 0) is 4.79 Å². The molecule has 0 bridgehead atoms. The summed E-state index contributed by atoms with van der Waals surface area (Å²) in [6.45, 7) is 3.36. The van der Waals surface area contributed by atoms with Gasteiger partial charge in [-0.1, -0.05) is 76.8 Å². The van der Waals surface area contributed by atoms with Gasteiger partial charge in [-0.2, -0.15) is 0 Å². The molecule has 1 fully saturated rings. The van der Waals surface area contributed by atoms with Crippen LogP contribution in [0.25, 0.3) is 0 Å². The standard InChI is InChI=1S/C25H23Cl3N2O2/c1-16-3-2-4-18(13-16)24(31)25(32)29-11-12-30(22-10-9-20(27)14-21(22)28)23(15-29)17-5-7-19(26)8-6-17/h2-10,13-14,23-24,31H,11-12,15H2,1H3/t23-,24?/m0/s1. The number of anilines is 1. The van der Waals surface area contributed by atoms with Crippen LogP contribution in [0.1, 0.15) is 28.8 Å². The smallest absolute Gasteiger partial charge is 0.256 e. The zero-order valence-corrected chi connectivity index (χ0v) is 19.8. The maximum absolute atomic E-state index is 13.2. The minimum Gasteiger partial charge on any atom is -0.378 e. The molecule has 7 heteroatoms. The second-order valence-corrected chi connectivity index (χ2v) is 9.24. The summed E-state index contributed by atoms with van der Waals surface area (Å²) in [5.74, 6) is -0.309. The van der Waals surface area contributed by atoms with Gasteiger partial charge in [-0.25, -0.2) is 0 Å². The summed E-state index contributed by atoms with van der Waals surface area (Å²) in [5.41, 5.74) is 3.45. The van der Waals surface area contributed by atoms with Crippen LogP contribution in [-0.4, -0.2) is 35.5 Å². The van der Waals surface area contributed by atoms with Crippen LogP contribution in [0.2, 0.25) is 15.1 Å². The number of aryl methyl sites for hydroxylation is 1. The number of rotatable bonds is 4. The van der Waals surface area contributed by atoms with Gasteiger partial charge in [-0.15, -0.1) is 0 Å². The Morgan fingerprint density at radius 3 is 2.38 bits per heavy atom. The normalized spacial score (nSPS) is 17.3. The van der Waals surface area contributed by atoms with Crippen LogP contribution in [0.15, 0.2) is 66.7 Å². The van der Waals surface area contributed by atoms with Crippen molar-refractivity contribution in [1.29, 1.82) is 0 Å². The highest BCUT2D eigenvalue weighted by atomic mass is 35.5. The van der Waals surface area contributed by atoms with Crippen LogP contribution >= 0.6 is 34.8 Å². The Morgan fingerprint density at radius 2 is 1.69 bits per heavy atom. The van der Waals surface area contributed by atoms with E-state index in [1.54, 1.807) is 23.1 Å². The summed E-state index contributed by atoms with van der Waals surface area (Å²) < 4.78 is 0. The van der Waals surface area contributed by atoms with Gasteiger partial charge in [0.05, 0.1) is 16.8 Å². The highest BCUT2D eigenvalue weighted by Gasteiger charge is 2.34. The molecule has 0 saturated carbocycles. The van der Waals surface area contributed by atoms with Gasteiger partial charge in [0.25, 0.3) is 5.91 Å². The fraction of sp³-hybridized carbons (Fsp3) is 0.240.